The summed E-state index contributed by atoms with van der Waals surface area (Å²) in [7, 11) is 1.46. The average molecular weight is 303 g/mol. The molecule has 2 rings (SSSR count). The molecule has 0 heterocycles. The van der Waals surface area contributed by atoms with Gasteiger partial charge < -0.3 is 9.84 Å². The first-order valence-corrected chi connectivity index (χ1v) is 7.45. The number of hydrogen-bond acceptors (Lipinski definition) is 4. The van der Waals surface area contributed by atoms with Gasteiger partial charge in [0.05, 0.1) is 13.2 Å². The van der Waals surface area contributed by atoms with Gasteiger partial charge in [-0.15, -0.1) is 0 Å². The van der Waals surface area contributed by atoms with Crippen molar-refractivity contribution in [2.75, 3.05) is 7.11 Å². The highest BCUT2D eigenvalue weighted by atomic mass is 16.7. The molecule has 1 aliphatic carbocycles. The van der Waals surface area contributed by atoms with Crippen LogP contribution in [0.25, 0.3) is 0 Å². The van der Waals surface area contributed by atoms with E-state index in [1.807, 2.05) is 6.07 Å². The molecule has 0 radical (unpaired) electrons. The SMILES string of the molecule is COC#CC(ONC(=O)c1ccccc1)C1CCCCC1O. The molecule has 0 aliphatic heterocycles. The van der Waals surface area contributed by atoms with Crippen LogP contribution in [0.2, 0.25) is 0 Å². The molecule has 0 bridgehead atoms. The molecule has 1 saturated carbocycles. The van der Waals surface area contributed by atoms with Crippen LogP contribution in [-0.2, 0) is 9.57 Å². The highest BCUT2D eigenvalue weighted by Gasteiger charge is 2.31. The number of carbonyl (C=O) groups excluding carboxylic acids is 1. The molecular weight excluding hydrogens is 282 g/mol. The van der Waals surface area contributed by atoms with Gasteiger partial charge in [0.1, 0.15) is 6.11 Å². The second-order valence-corrected chi connectivity index (χ2v) is 5.30. The number of benzene rings is 1. The number of aliphatic hydroxyl groups is 1. The van der Waals surface area contributed by atoms with E-state index in [1.165, 1.54) is 7.11 Å². The fourth-order valence-electron chi connectivity index (χ4n) is 2.60. The zero-order valence-corrected chi connectivity index (χ0v) is 12.6. The van der Waals surface area contributed by atoms with E-state index in [-0.39, 0.29) is 11.8 Å². The van der Waals surface area contributed by atoms with E-state index in [9.17, 15) is 9.90 Å². The Morgan fingerprint density at radius 2 is 2.05 bits per heavy atom. The number of hydrogen-bond donors (Lipinski definition) is 2. The Hall–Kier alpha value is -2.03. The predicted molar refractivity (Wildman–Crippen MR) is 81.5 cm³/mol. The van der Waals surface area contributed by atoms with Crippen LogP contribution in [0, 0.1) is 17.9 Å². The van der Waals surface area contributed by atoms with Crippen molar-refractivity contribution in [3.8, 4) is 12.0 Å². The topological polar surface area (TPSA) is 67.8 Å². The van der Waals surface area contributed by atoms with Gasteiger partial charge in [-0.2, -0.15) is 0 Å². The Bertz CT molecular complexity index is 535. The summed E-state index contributed by atoms with van der Waals surface area (Å²) in [6.07, 6.45) is 4.98. The Kier molecular flexibility index (Phi) is 6.26. The zero-order valence-electron chi connectivity index (χ0n) is 12.6. The second kappa shape index (κ2) is 8.42. The van der Waals surface area contributed by atoms with Crippen molar-refractivity contribution in [3.63, 3.8) is 0 Å². The average Bonchev–Trinajstić information content (AvgIpc) is 2.56. The fraction of sp³-hybridized carbons (Fsp3) is 0.471. The minimum absolute atomic E-state index is 0.132. The van der Waals surface area contributed by atoms with Crippen LogP contribution in [0.5, 0.6) is 0 Å². The van der Waals surface area contributed by atoms with Gasteiger partial charge in [0.15, 0.2) is 6.10 Å². The number of ether oxygens (including phenoxy) is 1. The molecule has 0 spiro atoms. The summed E-state index contributed by atoms with van der Waals surface area (Å²) in [4.78, 5) is 17.5. The van der Waals surface area contributed by atoms with Gasteiger partial charge in [0.25, 0.3) is 5.91 Å². The third-order valence-corrected chi connectivity index (χ3v) is 3.79. The van der Waals surface area contributed by atoms with E-state index in [4.69, 9.17) is 9.57 Å². The van der Waals surface area contributed by atoms with Crippen molar-refractivity contribution in [1.82, 2.24) is 5.48 Å². The molecule has 22 heavy (non-hydrogen) atoms. The van der Waals surface area contributed by atoms with Crippen molar-refractivity contribution in [2.24, 2.45) is 5.92 Å². The van der Waals surface area contributed by atoms with Gasteiger partial charge in [-0.25, -0.2) is 5.48 Å². The van der Waals surface area contributed by atoms with Crippen LogP contribution < -0.4 is 5.48 Å². The molecule has 5 heteroatoms. The Balaban J connectivity index is 1.99. The molecule has 1 fully saturated rings. The smallest absolute Gasteiger partial charge is 0.274 e. The van der Waals surface area contributed by atoms with Crippen molar-refractivity contribution in [3.05, 3.63) is 35.9 Å². The molecule has 1 amide bonds. The van der Waals surface area contributed by atoms with Crippen LogP contribution in [-0.4, -0.2) is 30.3 Å². The normalized spacial score (nSPS) is 22.1. The van der Waals surface area contributed by atoms with Gasteiger partial charge in [0.2, 0.25) is 0 Å². The first kappa shape index (κ1) is 16.3. The van der Waals surface area contributed by atoms with Crippen LogP contribution in [0.1, 0.15) is 36.0 Å². The van der Waals surface area contributed by atoms with Crippen LogP contribution in [0.4, 0.5) is 0 Å². The van der Waals surface area contributed by atoms with Crippen molar-refractivity contribution >= 4 is 5.91 Å². The van der Waals surface area contributed by atoms with Crippen molar-refractivity contribution < 1.29 is 19.5 Å². The lowest BCUT2D eigenvalue weighted by atomic mass is 9.83. The molecule has 3 atom stereocenters. The van der Waals surface area contributed by atoms with Gasteiger partial charge in [-0.05, 0) is 30.9 Å². The van der Waals surface area contributed by atoms with E-state index in [1.54, 1.807) is 24.3 Å². The largest absolute Gasteiger partial charge is 0.450 e. The van der Waals surface area contributed by atoms with Gasteiger partial charge in [-0.3, -0.25) is 9.63 Å². The summed E-state index contributed by atoms with van der Waals surface area (Å²) in [5.41, 5.74) is 2.92. The summed E-state index contributed by atoms with van der Waals surface area (Å²) in [5.74, 6) is 2.34. The Morgan fingerprint density at radius 1 is 1.32 bits per heavy atom. The maximum absolute atomic E-state index is 12.0. The van der Waals surface area contributed by atoms with Crippen LogP contribution in [0.3, 0.4) is 0 Å². The molecular formula is C17H21NO4. The first-order chi connectivity index (χ1) is 10.7. The molecule has 2 N–H and O–H groups in total. The molecule has 1 aromatic rings. The van der Waals surface area contributed by atoms with E-state index in [0.29, 0.717) is 5.56 Å². The number of carbonyl (C=O) groups is 1. The lowest BCUT2D eigenvalue weighted by Crippen LogP contribution is -2.40. The Labute approximate surface area is 130 Å². The summed E-state index contributed by atoms with van der Waals surface area (Å²) in [6, 6.07) is 8.79. The van der Waals surface area contributed by atoms with Crippen molar-refractivity contribution in [2.45, 2.75) is 37.9 Å². The first-order valence-electron chi connectivity index (χ1n) is 7.45. The third-order valence-electron chi connectivity index (χ3n) is 3.79. The predicted octanol–water partition coefficient (Wildman–Crippen LogP) is 1.87. The highest BCUT2D eigenvalue weighted by Crippen LogP contribution is 2.28. The van der Waals surface area contributed by atoms with Crippen LogP contribution >= 0.6 is 0 Å². The standard InChI is InChI=1S/C17H21NO4/c1-21-12-11-16(14-9-5-6-10-15(14)19)22-18-17(20)13-7-3-2-4-8-13/h2-4,7-8,14-16,19H,5-6,9-10H2,1H3,(H,18,20). The summed E-state index contributed by atoms with van der Waals surface area (Å²) >= 11 is 0. The van der Waals surface area contributed by atoms with Gasteiger partial charge in [0, 0.05) is 11.5 Å². The number of aliphatic hydroxyl groups excluding tert-OH is 1. The van der Waals surface area contributed by atoms with Crippen LogP contribution in [0.15, 0.2) is 30.3 Å². The van der Waals surface area contributed by atoms with E-state index >= 15 is 0 Å². The quantitative estimate of drug-likeness (QED) is 0.658. The number of hydroxylamine groups is 1. The number of nitrogens with one attached hydrogen (secondary N) is 1. The third kappa shape index (κ3) is 4.48. The number of methoxy groups -OCH3 is 1. The lowest BCUT2D eigenvalue weighted by molar-refractivity contribution is -0.0593. The zero-order chi connectivity index (χ0) is 15.8. The molecule has 1 aromatic carbocycles. The minimum atomic E-state index is -0.595. The molecule has 0 saturated heterocycles. The maximum atomic E-state index is 12.0. The fourth-order valence-corrected chi connectivity index (χ4v) is 2.60. The molecule has 118 valence electrons. The van der Waals surface area contributed by atoms with Gasteiger partial charge >= 0.3 is 0 Å². The monoisotopic (exact) mass is 303 g/mol. The minimum Gasteiger partial charge on any atom is -0.450 e. The molecule has 3 unspecified atom stereocenters. The summed E-state index contributed by atoms with van der Waals surface area (Å²) < 4.78 is 4.75. The number of amides is 1. The molecule has 1 aliphatic rings. The summed E-state index contributed by atoms with van der Waals surface area (Å²) in [5, 5.41) is 10.1. The number of rotatable bonds is 4. The maximum Gasteiger partial charge on any atom is 0.274 e. The molecule has 5 nitrogen and oxygen atoms in total. The van der Waals surface area contributed by atoms with E-state index < -0.39 is 12.2 Å². The lowest BCUT2D eigenvalue weighted by Gasteiger charge is -2.30. The van der Waals surface area contributed by atoms with Crippen molar-refractivity contribution in [1.29, 1.82) is 0 Å². The second-order valence-electron chi connectivity index (χ2n) is 5.30. The highest BCUT2D eigenvalue weighted by molar-refractivity contribution is 5.93. The summed E-state index contributed by atoms with van der Waals surface area (Å²) in [6.45, 7) is 0. The van der Waals surface area contributed by atoms with E-state index in [2.05, 4.69) is 17.5 Å². The van der Waals surface area contributed by atoms with E-state index in [0.717, 1.165) is 25.7 Å². The Morgan fingerprint density at radius 3 is 2.73 bits per heavy atom. The molecule has 0 aromatic heterocycles. The van der Waals surface area contributed by atoms with Gasteiger partial charge in [-0.1, -0.05) is 31.0 Å².